The highest BCUT2D eigenvalue weighted by molar-refractivity contribution is 5.86. The number of pyridine rings is 1. The minimum Gasteiger partial charge on any atom is -0.453 e. The van der Waals surface area contributed by atoms with Gasteiger partial charge in [-0.3, -0.25) is 10.1 Å². The van der Waals surface area contributed by atoms with Crippen molar-refractivity contribution in [3.63, 3.8) is 0 Å². The number of urea groups is 1. The van der Waals surface area contributed by atoms with Gasteiger partial charge in [0.25, 0.3) is 0 Å². The number of Topliss-reactive ketones (excluding diaryl/α,β-unsaturated/α-hetero) is 1. The third kappa shape index (κ3) is 6.47. The second-order valence-corrected chi connectivity index (χ2v) is 10.5. The summed E-state index contributed by atoms with van der Waals surface area (Å²) in [6, 6.07) is 10.4. The number of aromatic amines is 1. The molecule has 1 aliphatic rings. The van der Waals surface area contributed by atoms with Crippen LogP contribution in [-0.4, -0.2) is 62.9 Å². The topological polar surface area (TPSA) is 121 Å². The molecule has 1 aliphatic heterocycles. The summed E-state index contributed by atoms with van der Waals surface area (Å²) in [5.74, 6) is -1.81. The zero-order valence-corrected chi connectivity index (χ0v) is 24.1. The van der Waals surface area contributed by atoms with E-state index in [1.165, 1.54) is 13.2 Å². The number of aryl methyl sites for hydroxylation is 1. The summed E-state index contributed by atoms with van der Waals surface area (Å²) < 4.78 is 32.3. The Morgan fingerprint density at radius 3 is 2.70 bits per heavy atom. The van der Waals surface area contributed by atoms with Gasteiger partial charge < -0.3 is 19.5 Å². The Labute approximate surface area is 247 Å². The molecule has 0 spiro atoms. The molecule has 0 bridgehead atoms. The number of fused-ring (bicyclic) bond motifs is 1. The van der Waals surface area contributed by atoms with Crippen molar-refractivity contribution < 1.29 is 27.9 Å². The minimum absolute atomic E-state index is 0.0274. The first kappa shape index (κ1) is 29.6. The lowest BCUT2D eigenvalue weighted by Crippen LogP contribution is -2.48. The fraction of sp³-hybridized carbons (Fsp3) is 0.323. The van der Waals surface area contributed by atoms with Crippen LogP contribution in [0, 0.1) is 18.6 Å². The van der Waals surface area contributed by atoms with Gasteiger partial charge in [0.2, 0.25) is 5.95 Å². The molecule has 3 amide bonds. The van der Waals surface area contributed by atoms with Gasteiger partial charge in [-0.05, 0) is 59.9 Å². The minimum atomic E-state index is -1.01. The van der Waals surface area contributed by atoms with Gasteiger partial charge in [0.1, 0.15) is 5.78 Å². The average molecular weight is 591 g/mol. The molecule has 10 nitrogen and oxygen atoms in total. The van der Waals surface area contributed by atoms with Gasteiger partial charge in [0.05, 0.1) is 18.7 Å². The molecule has 5 rings (SSSR count). The Hall–Kier alpha value is -4.87. The van der Waals surface area contributed by atoms with Crippen LogP contribution in [0.2, 0.25) is 0 Å². The number of rotatable bonds is 7. The summed E-state index contributed by atoms with van der Waals surface area (Å²) in [5.41, 5.74) is 5.04. The lowest BCUT2D eigenvalue weighted by atomic mass is 9.94. The SMILES string of the molecule is CCCN(Cc1cc(-c2cnc3nc(NC(=O)OC)[nH]c3c2)ccc1C)C(=O)N1CCC(=O)CC1c1ccc(F)c(F)c1. The van der Waals surface area contributed by atoms with E-state index in [4.69, 9.17) is 0 Å². The number of hydrogen-bond donors (Lipinski definition) is 2. The van der Waals surface area contributed by atoms with Crippen molar-refractivity contribution in [3.8, 4) is 11.1 Å². The van der Waals surface area contributed by atoms with E-state index in [2.05, 4.69) is 25.0 Å². The number of ether oxygens (including phenoxy) is 1. The van der Waals surface area contributed by atoms with Gasteiger partial charge in [-0.25, -0.2) is 23.4 Å². The van der Waals surface area contributed by atoms with Crippen molar-refractivity contribution >= 4 is 35.0 Å². The van der Waals surface area contributed by atoms with Gasteiger partial charge in [0, 0.05) is 44.2 Å². The van der Waals surface area contributed by atoms with Crippen LogP contribution < -0.4 is 5.32 Å². The first-order valence-electron chi connectivity index (χ1n) is 14.0. The van der Waals surface area contributed by atoms with E-state index in [-0.39, 0.29) is 37.1 Å². The van der Waals surface area contributed by atoms with Gasteiger partial charge in [-0.1, -0.05) is 25.1 Å². The monoisotopic (exact) mass is 590 g/mol. The number of carbonyl (C=O) groups is 3. The van der Waals surface area contributed by atoms with Crippen molar-refractivity contribution in [3.05, 3.63) is 77.0 Å². The van der Waals surface area contributed by atoms with E-state index < -0.39 is 23.8 Å². The number of ketones is 1. The van der Waals surface area contributed by atoms with Gasteiger partial charge in [-0.2, -0.15) is 4.98 Å². The van der Waals surface area contributed by atoms with Crippen LogP contribution in [0.25, 0.3) is 22.3 Å². The summed E-state index contributed by atoms with van der Waals surface area (Å²) in [7, 11) is 1.26. The fourth-order valence-corrected chi connectivity index (χ4v) is 5.26. The number of amides is 3. The van der Waals surface area contributed by atoms with Crippen LogP contribution in [0.4, 0.5) is 24.3 Å². The maximum atomic E-state index is 14.1. The number of hydrogen-bond acceptors (Lipinski definition) is 6. The van der Waals surface area contributed by atoms with E-state index in [0.717, 1.165) is 34.4 Å². The maximum absolute atomic E-state index is 14.1. The van der Waals surface area contributed by atoms with Crippen molar-refractivity contribution in [2.75, 3.05) is 25.5 Å². The summed E-state index contributed by atoms with van der Waals surface area (Å²) >= 11 is 0. The van der Waals surface area contributed by atoms with Crippen LogP contribution in [0.15, 0.2) is 48.7 Å². The number of aromatic nitrogens is 3. The Balaban J connectivity index is 1.41. The molecule has 4 aromatic rings. The summed E-state index contributed by atoms with van der Waals surface area (Å²) in [5, 5.41) is 2.49. The van der Waals surface area contributed by atoms with Crippen LogP contribution in [0.3, 0.4) is 0 Å². The second kappa shape index (κ2) is 12.6. The smallest absolute Gasteiger partial charge is 0.413 e. The lowest BCUT2D eigenvalue weighted by molar-refractivity contribution is -0.122. The van der Waals surface area contributed by atoms with Crippen molar-refractivity contribution in [1.82, 2.24) is 24.8 Å². The normalized spacial score (nSPS) is 15.0. The number of imidazole rings is 1. The number of benzene rings is 2. The molecule has 43 heavy (non-hydrogen) atoms. The maximum Gasteiger partial charge on any atom is 0.413 e. The molecule has 2 N–H and O–H groups in total. The predicted molar refractivity (Wildman–Crippen MR) is 156 cm³/mol. The number of nitrogens with one attached hydrogen (secondary N) is 2. The molecule has 1 fully saturated rings. The first-order valence-corrected chi connectivity index (χ1v) is 14.0. The van der Waals surface area contributed by atoms with E-state index in [0.29, 0.717) is 36.2 Å². The molecule has 12 heteroatoms. The highest BCUT2D eigenvalue weighted by atomic mass is 19.2. The van der Waals surface area contributed by atoms with Crippen molar-refractivity contribution in [1.29, 1.82) is 0 Å². The van der Waals surface area contributed by atoms with Gasteiger partial charge in [0.15, 0.2) is 17.3 Å². The summed E-state index contributed by atoms with van der Waals surface area (Å²) in [6.45, 7) is 4.93. The molecule has 1 saturated heterocycles. The number of piperidine rings is 1. The number of halogens is 2. The highest BCUT2D eigenvalue weighted by Gasteiger charge is 2.34. The Morgan fingerprint density at radius 2 is 1.95 bits per heavy atom. The largest absolute Gasteiger partial charge is 0.453 e. The van der Waals surface area contributed by atoms with Crippen LogP contribution in [0.5, 0.6) is 0 Å². The van der Waals surface area contributed by atoms with E-state index in [9.17, 15) is 23.2 Å². The molecule has 0 saturated carbocycles. The zero-order valence-electron chi connectivity index (χ0n) is 24.1. The molecule has 2 aromatic heterocycles. The number of anilines is 1. The van der Waals surface area contributed by atoms with Gasteiger partial charge in [-0.15, -0.1) is 0 Å². The second-order valence-electron chi connectivity index (χ2n) is 10.5. The number of likely N-dealkylation sites (tertiary alicyclic amines) is 1. The van der Waals surface area contributed by atoms with E-state index in [1.807, 2.05) is 38.1 Å². The average Bonchev–Trinajstić information content (AvgIpc) is 3.40. The molecular weight excluding hydrogens is 558 g/mol. The predicted octanol–water partition coefficient (Wildman–Crippen LogP) is 6.13. The fourth-order valence-electron chi connectivity index (χ4n) is 5.26. The summed E-state index contributed by atoms with van der Waals surface area (Å²) in [6.07, 6.45) is 1.99. The quantitative estimate of drug-likeness (QED) is 0.267. The molecule has 224 valence electrons. The molecule has 1 atom stereocenters. The number of methoxy groups -OCH3 is 1. The van der Waals surface area contributed by atoms with E-state index in [1.54, 1.807) is 16.0 Å². The molecule has 1 unspecified atom stereocenters. The van der Waals surface area contributed by atoms with Crippen LogP contribution in [-0.2, 0) is 16.1 Å². The zero-order chi connectivity index (χ0) is 30.7. The van der Waals surface area contributed by atoms with Crippen LogP contribution >= 0.6 is 0 Å². The van der Waals surface area contributed by atoms with Crippen molar-refractivity contribution in [2.45, 2.75) is 45.7 Å². The lowest BCUT2D eigenvalue weighted by Gasteiger charge is -2.39. The molecule has 0 radical (unpaired) electrons. The standard InChI is InChI=1S/C31H32F2N6O4/c1-4-10-38(31(42)39-11-9-23(40)15-27(39)20-7-8-24(32)25(33)13-20)17-22-12-19(6-5-18(22)2)21-14-26-28(34-16-21)36-29(35-26)37-30(41)43-3/h5-8,12-14,16,27H,4,9-11,15,17H2,1-3H3,(H2,34,35,36,37,41). The highest BCUT2D eigenvalue weighted by Crippen LogP contribution is 2.32. The van der Waals surface area contributed by atoms with Gasteiger partial charge >= 0.3 is 12.1 Å². The molecule has 2 aromatic carbocycles. The Kier molecular flexibility index (Phi) is 8.65. The third-order valence-electron chi connectivity index (χ3n) is 7.55. The number of carbonyl (C=O) groups excluding carboxylic acids is 3. The Bertz CT molecular complexity index is 1690. The number of nitrogens with zero attached hydrogens (tertiary/aromatic N) is 4. The molecule has 3 heterocycles. The van der Waals surface area contributed by atoms with E-state index >= 15 is 0 Å². The first-order chi connectivity index (χ1) is 20.7. The third-order valence-corrected chi connectivity index (χ3v) is 7.55. The van der Waals surface area contributed by atoms with Crippen LogP contribution in [0.1, 0.15) is 48.9 Å². The Morgan fingerprint density at radius 1 is 1.14 bits per heavy atom. The summed E-state index contributed by atoms with van der Waals surface area (Å²) in [4.78, 5) is 52.9. The van der Waals surface area contributed by atoms with Crippen molar-refractivity contribution in [2.24, 2.45) is 0 Å². The molecular formula is C31H32F2N6O4. The molecule has 0 aliphatic carbocycles. The number of H-pyrrole nitrogens is 1.